The summed E-state index contributed by atoms with van der Waals surface area (Å²) in [6, 6.07) is 5.46. The normalized spacial score (nSPS) is 10.4. The van der Waals surface area contributed by atoms with Crippen LogP contribution in [0.2, 0.25) is 0 Å². The highest BCUT2D eigenvalue weighted by Crippen LogP contribution is 2.36. The van der Waals surface area contributed by atoms with Gasteiger partial charge in [0.05, 0.1) is 26.7 Å². The zero-order valence-electron chi connectivity index (χ0n) is 11.0. The van der Waals surface area contributed by atoms with Crippen LogP contribution in [-0.2, 0) is 13.1 Å². The van der Waals surface area contributed by atoms with Gasteiger partial charge in [0.2, 0.25) is 5.75 Å². The van der Waals surface area contributed by atoms with Gasteiger partial charge in [0, 0.05) is 18.7 Å². The molecule has 1 aromatic carbocycles. The summed E-state index contributed by atoms with van der Waals surface area (Å²) >= 11 is 0. The van der Waals surface area contributed by atoms with E-state index in [0.717, 1.165) is 11.1 Å². The fraction of sp³-hybridized carbons (Fsp3) is 0.286. The minimum Gasteiger partial charge on any atom is -0.502 e. The van der Waals surface area contributed by atoms with E-state index >= 15 is 0 Å². The molecule has 0 aliphatic carbocycles. The Morgan fingerprint density at radius 3 is 2.26 bits per heavy atom. The second kappa shape index (κ2) is 6.15. The van der Waals surface area contributed by atoms with Crippen LogP contribution in [0.15, 0.2) is 35.1 Å². The number of nitrogens with one attached hydrogen (secondary N) is 1. The van der Waals surface area contributed by atoms with Crippen LogP contribution in [0.1, 0.15) is 11.1 Å². The molecule has 2 N–H and O–H groups in total. The number of hydrogen-bond donors (Lipinski definition) is 2. The molecule has 0 fully saturated rings. The Morgan fingerprint density at radius 1 is 1.11 bits per heavy atom. The van der Waals surface area contributed by atoms with Gasteiger partial charge in [-0.3, -0.25) is 0 Å². The first-order valence-corrected chi connectivity index (χ1v) is 5.90. The molecule has 102 valence electrons. The lowest BCUT2D eigenvalue weighted by Crippen LogP contribution is -2.12. The van der Waals surface area contributed by atoms with Gasteiger partial charge >= 0.3 is 0 Å². The summed E-state index contributed by atoms with van der Waals surface area (Å²) in [4.78, 5) is 0. The summed E-state index contributed by atoms with van der Waals surface area (Å²) in [6.07, 6.45) is 3.34. The molecule has 0 saturated carbocycles. The molecule has 0 radical (unpaired) electrons. The highest BCUT2D eigenvalue weighted by Gasteiger charge is 2.10. The smallest absolute Gasteiger partial charge is 0.200 e. The van der Waals surface area contributed by atoms with E-state index in [2.05, 4.69) is 5.32 Å². The lowest BCUT2D eigenvalue weighted by Gasteiger charge is -2.11. The zero-order valence-corrected chi connectivity index (χ0v) is 11.0. The van der Waals surface area contributed by atoms with E-state index in [1.165, 1.54) is 14.2 Å². The number of phenols is 1. The maximum absolute atomic E-state index is 9.81. The van der Waals surface area contributed by atoms with Gasteiger partial charge in [-0.1, -0.05) is 0 Å². The zero-order chi connectivity index (χ0) is 13.7. The van der Waals surface area contributed by atoms with Crippen molar-refractivity contribution in [2.75, 3.05) is 14.2 Å². The summed E-state index contributed by atoms with van der Waals surface area (Å²) in [5.74, 6) is 0.822. The molecule has 0 amide bonds. The summed E-state index contributed by atoms with van der Waals surface area (Å²) in [5, 5.41) is 13.1. The molecule has 0 saturated heterocycles. The van der Waals surface area contributed by atoms with Crippen molar-refractivity contribution in [3.8, 4) is 17.2 Å². The number of furan rings is 1. The van der Waals surface area contributed by atoms with Crippen molar-refractivity contribution in [2.24, 2.45) is 0 Å². The standard InChI is InChI=1S/C14H17NO4/c1-17-12-5-11(6-13(18-2)14(12)16)8-15-7-10-3-4-19-9-10/h3-6,9,15-16H,7-8H2,1-2H3. The average Bonchev–Trinajstić information content (AvgIpc) is 2.93. The average molecular weight is 263 g/mol. The van der Waals surface area contributed by atoms with E-state index in [-0.39, 0.29) is 5.75 Å². The Labute approximate surface area is 111 Å². The lowest BCUT2D eigenvalue weighted by molar-refractivity contribution is 0.339. The Bertz CT molecular complexity index is 497. The van der Waals surface area contributed by atoms with Crippen LogP contribution in [0.4, 0.5) is 0 Å². The Hall–Kier alpha value is -2.14. The lowest BCUT2D eigenvalue weighted by atomic mass is 10.1. The van der Waals surface area contributed by atoms with E-state index in [9.17, 15) is 5.11 Å². The van der Waals surface area contributed by atoms with Gasteiger partial charge in [0.1, 0.15) is 0 Å². The fourth-order valence-corrected chi connectivity index (χ4v) is 1.79. The maximum atomic E-state index is 9.81. The molecule has 0 atom stereocenters. The molecule has 2 rings (SSSR count). The molecular weight excluding hydrogens is 246 g/mol. The third kappa shape index (κ3) is 3.20. The maximum Gasteiger partial charge on any atom is 0.200 e. The molecule has 0 bridgehead atoms. The molecule has 0 unspecified atom stereocenters. The first-order valence-electron chi connectivity index (χ1n) is 5.90. The summed E-state index contributed by atoms with van der Waals surface area (Å²) in [5.41, 5.74) is 2.05. The van der Waals surface area contributed by atoms with Crippen molar-refractivity contribution in [3.63, 3.8) is 0 Å². The third-order valence-electron chi connectivity index (χ3n) is 2.78. The Morgan fingerprint density at radius 2 is 1.74 bits per heavy atom. The summed E-state index contributed by atoms with van der Waals surface area (Å²) in [6.45, 7) is 1.35. The van der Waals surface area contributed by atoms with Crippen molar-refractivity contribution < 1.29 is 19.0 Å². The van der Waals surface area contributed by atoms with E-state index in [0.29, 0.717) is 24.6 Å². The Kier molecular flexibility index (Phi) is 4.30. The van der Waals surface area contributed by atoms with Gasteiger partial charge in [-0.25, -0.2) is 0 Å². The summed E-state index contributed by atoms with van der Waals surface area (Å²) in [7, 11) is 3.02. The molecule has 2 aromatic rings. The van der Waals surface area contributed by atoms with Crippen molar-refractivity contribution in [1.82, 2.24) is 5.32 Å². The topological polar surface area (TPSA) is 63.9 Å². The second-order valence-electron chi connectivity index (χ2n) is 4.08. The van der Waals surface area contributed by atoms with Gasteiger partial charge in [-0.15, -0.1) is 0 Å². The van der Waals surface area contributed by atoms with Gasteiger partial charge in [-0.2, -0.15) is 0 Å². The number of hydrogen-bond acceptors (Lipinski definition) is 5. The number of rotatable bonds is 6. The number of benzene rings is 1. The minimum absolute atomic E-state index is 0.0172. The van der Waals surface area contributed by atoms with Gasteiger partial charge in [0.25, 0.3) is 0 Å². The first-order chi connectivity index (χ1) is 9.24. The van der Waals surface area contributed by atoms with Crippen LogP contribution >= 0.6 is 0 Å². The highest BCUT2D eigenvalue weighted by atomic mass is 16.5. The number of phenolic OH excluding ortho intramolecular Hbond substituents is 1. The molecule has 0 aliphatic rings. The molecule has 5 heteroatoms. The van der Waals surface area contributed by atoms with Crippen LogP contribution in [0.25, 0.3) is 0 Å². The van der Waals surface area contributed by atoms with Gasteiger partial charge in [0.15, 0.2) is 11.5 Å². The second-order valence-corrected chi connectivity index (χ2v) is 4.08. The molecule has 1 heterocycles. The largest absolute Gasteiger partial charge is 0.502 e. The van der Waals surface area contributed by atoms with Crippen LogP contribution in [0, 0.1) is 0 Å². The van der Waals surface area contributed by atoms with Crippen molar-refractivity contribution in [1.29, 1.82) is 0 Å². The molecule has 5 nitrogen and oxygen atoms in total. The fourth-order valence-electron chi connectivity index (χ4n) is 1.79. The Balaban J connectivity index is 2.03. The quantitative estimate of drug-likeness (QED) is 0.837. The van der Waals surface area contributed by atoms with Crippen molar-refractivity contribution in [2.45, 2.75) is 13.1 Å². The van der Waals surface area contributed by atoms with Crippen LogP contribution < -0.4 is 14.8 Å². The van der Waals surface area contributed by atoms with Gasteiger partial charge < -0.3 is 24.3 Å². The SMILES string of the molecule is COc1cc(CNCc2ccoc2)cc(OC)c1O. The van der Waals surface area contributed by atoms with Crippen LogP contribution in [0.3, 0.4) is 0 Å². The molecule has 0 aliphatic heterocycles. The molecule has 1 aromatic heterocycles. The van der Waals surface area contributed by atoms with Crippen LogP contribution in [-0.4, -0.2) is 19.3 Å². The predicted octanol–water partition coefficient (Wildman–Crippen LogP) is 2.29. The number of methoxy groups -OCH3 is 2. The third-order valence-corrected chi connectivity index (χ3v) is 2.78. The van der Waals surface area contributed by atoms with E-state index < -0.39 is 0 Å². The van der Waals surface area contributed by atoms with Gasteiger partial charge in [-0.05, 0) is 23.8 Å². The van der Waals surface area contributed by atoms with E-state index in [1.807, 2.05) is 6.07 Å². The molecule has 19 heavy (non-hydrogen) atoms. The molecule has 0 spiro atoms. The minimum atomic E-state index is 0.0172. The monoisotopic (exact) mass is 263 g/mol. The molecular formula is C14H17NO4. The highest BCUT2D eigenvalue weighted by molar-refractivity contribution is 5.52. The van der Waals surface area contributed by atoms with E-state index in [1.54, 1.807) is 24.7 Å². The van der Waals surface area contributed by atoms with Crippen molar-refractivity contribution >= 4 is 0 Å². The van der Waals surface area contributed by atoms with Crippen LogP contribution in [0.5, 0.6) is 17.2 Å². The summed E-state index contributed by atoms with van der Waals surface area (Å²) < 4.78 is 15.2. The van der Waals surface area contributed by atoms with E-state index in [4.69, 9.17) is 13.9 Å². The van der Waals surface area contributed by atoms with Crippen molar-refractivity contribution in [3.05, 3.63) is 41.9 Å². The predicted molar refractivity (Wildman–Crippen MR) is 70.5 cm³/mol. The number of aromatic hydroxyl groups is 1. The first kappa shape index (κ1) is 13.3. The number of ether oxygens (including phenoxy) is 2.